The molecule has 12 heavy (non-hydrogen) atoms. The molecule has 0 bridgehead atoms. The smallest absolute Gasteiger partial charge is 0.157 e. The highest BCUT2D eigenvalue weighted by Crippen LogP contribution is 2.12. The maximum atomic E-state index is 5.74. The monoisotopic (exact) mass is 201 g/mol. The lowest BCUT2D eigenvalue weighted by Gasteiger charge is -1.96. The summed E-state index contributed by atoms with van der Waals surface area (Å²) in [6.45, 7) is 0. The van der Waals surface area contributed by atoms with E-state index in [2.05, 4.69) is 22.6 Å². The van der Waals surface area contributed by atoms with Gasteiger partial charge in [-0.3, -0.25) is 0 Å². The molecule has 1 aromatic heterocycles. The molecular formula is C7H8ClN3S. The highest BCUT2D eigenvalue weighted by molar-refractivity contribution is 7.80. The van der Waals surface area contributed by atoms with Gasteiger partial charge in [-0.15, -0.1) is 0 Å². The maximum Gasteiger partial charge on any atom is 0.157 e. The predicted molar refractivity (Wildman–Crippen MR) is 54.3 cm³/mol. The topological polar surface area (TPSA) is 51.8 Å². The number of anilines is 1. The summed E-state index contributed by atoms with van der Waals surface area (Å²) in [7, 11) is 0. The van der Waals surface area contributed by atoms with Crippen LogP contribution in [0.5, 0.6) is 0 Å². The quantitative estimate of drug-likeness (QED) is 0.716. The minimum absolute atomic E-state index is 0.313. The predicted octanol–water partition coefficient (Wildman–Crippen LogP) is 1.66. The molecule has 0 unspecified atom stereocenters. The molecular weight excluding hydrogens is 194 g/mol. The third-order valence-corrected chi connectivity index (χ3v) is 1.64. The first-order chi connectivity index (χ1) is 5.74. The van der Waals surface area contributed by atoms with Crippen molar-refractivity contribution in [3.63, 3.8) is 0 Å². The largest absolute Gasteiger partial charge is 0.382 e. The first-order valence-electron chi connectivity index (χ1n) is 3.29. The van der Waals surface area contributed by atoms with E-state index in [1.807, 2.05) is 6.08 Å². The molecule has 1 heterocycles. The Kier molecular flexibility index (Phi) is 3.37. The van der Waals surface area contributed by atoms with Gasteiger partial charge in [0.15, 0.2) is 5.15 Å². The number of aromatic nitrogens is 2. The Labute approximate surface area is 81.1 Å². The van der Waals surface area contributed by atoms with Crippen LogP contribution < -0.4 is 5.73 Å². The molecule has 0 amide bonds. The van der Waals surface area contributed by atoms with Gasteiger partial charge >= 0.3 is 0 Å². The normalized spacial score (nSPS) is 10.8. The molecule has 1 rings (SSSR count). The first-order valence-corrected chi connectivity index (χ1v) is 4.30. The molecule has 1 aromatic rings. The number of thiol groups is 1. The molecule has 0 aliphatic heterocycles. The third-order valence-electron chi connectivity index (χ3n) is 1.16. The molecule has 2 N–H and O–H groups in total. The molecule has 0 radical (unpaired) electrons. The van der Waals surface area contributed by atoms with Crippen LogP contribution in [0.3, 0.4) is 0 Å². The van der Waals surface area contributed by atoms with Crippen LogP contribution in [0, 0.1) is 0 Å². The van der Waals surface area contributed by atoms with E-state index in [0.29, 0.717) is 22.4 Å². The fourth-order valence-electron chi connectivity index (χ4n) is 0.665. The van der Waals surface area contributed by atoms with Crippen LogP contribution in [0.15, 0.2) is 12.3 Å². The van der Waals surface area contributed by atoms with Gasteiger partial charge in [0.05, 0.1) is 6.20 Å². The van der Waals surface area contributed by atoms with Crippen molar-refractivity contribution in [2.75, 3.05) is 11.5 Å². The van der Waals surface area contributed by atoms with Gasteiger partial charge in [-0.2, -0.15) is 12.6 Å². The number of hydrogen-bond acceptors (Lipinski definition) is 4. The second-order valence-electron chi connectivity index (χ2n) is 2.06. The van der Waals surface area contributed by atoms with Crippen LogP contribution >= 0.6 is 24.2 Å². The fraction of sp³-hybridized carbons (Fsp3) is 0.143. The van der Waals surface area contributed by atoms with Crippen molar-refractivity contribution in [2.45, 2.75) is 0 Å². The SMILES string of the molecule is Nc1cnc(C=CCS)c(Cl)n1. The number of halogens is 1. The second kappa shape index (κ2) is 4.33. The molecule has 0 aromatic carbocycles. The van der Waals surface area contributed by atoms with Crippen molar-refractivity contribution in [1.82, 2.24) is 9.97 Å². The summed E-state index contributed by atoms with van der Waals surface area (Å²) in [5.74, 6) is 0.963. The molecule has 3 nitrogen and oxygen atoms in total. The van der Waals surface area contributed by atoms with E-state index in [-0.39, 0.29) is 0 Å². The molecule has 0 aliphatic rings. The lowest BCUT2D eigenvalue weighted by Crippen LogP contribution is -1.94. The molecule has 5 heteroatoms. The summed E-state index contributed by atoms with van der Waals surface area (Å²) in [5, 5.41) is 0.313. The average molecular weight is 202 g/mol. The summed E-state index contributed by atoms with van der Waals surface area (Å²) >= 11 is 9.74. The van der Waals surface area contributed by atoms with E-state index in [4.69, 9.17) is 17.3 Å². The maximum absolute atomic E-state index is 5.74. The third kappa shape index (κ3) is 2.39. The Morgan fingerprint density at radius 3 is 3.00 bits per heavy atom. The van der Waals surface area contributed by atoms with E-state index >= 15 is 0 Å². The second-order valence-corrected chi connectivity index (χ2v) is 2.78. The zero-order chi connectivity index (χ0) is 8.97. The Balaban J connectivity index is 2.94. The van der Waals surface area contributed by atoms with E-state index < -0.39 is 0 Å². The van der Waals surface area contributed by atoms with Gasteiger partial charge in [-0.25, -0.2) is 9.97 Å². The van der Waals surface area contributed by atoms with Crippen molar-refractivity contribution < 1.29 is 0 Å². The zero-order valence-corrected chi connectivity index (χ0v) is 7.89. The number of hydrogen-bond donors (Lipinski definition) is 2. The summed E-state index contributed by atoms with van der Waals surface area (Å²) < 4.78 is 0. The minimum Gasteiger partial charge on any atom is -0.382 e. The Hall–Kier alpha value is -0.740. The van der Waals surface area contributed by atoms with Crippen molar-refractivity contribution in [2.24, 2.45) is 0 Å². The van der Waals surface area contributed by atoms with Crippen molar-refractivity contribution >= 4 is 36.1 Å². The van der Waals surface area contributed by atoms with Crippen LogP contribution in [-0.4, -0.2) is 15.7 Å². The van der Waals surface area contributed by atoms with Gasteiger partial charge in [0.25, 0.3) is 0 Å². The Bertz CT molecular complexity index is 301. The number of rotatable bonds is 2. The van der Waals surface area contributed by atoms with Crippen LogP contribution in [0.2, 0.25) is 5.15 Å². The highest BCUT2D eigenvalue weighted by atomic mass is 35.5. The van der Waals surface area contributed by atoms with E-state index in [9.17, 15) is 0 Å². The zero-order valence-electron chi connectivity index (χ0n) is 6.24. The van der Waals surface area contributed by atoms with Gasteiger partial charge in [0.1, 0.15) is 11.5 Å². The summed E-state index contributed by atoms with van der Waals surface area (Å²) in [5.41, 5.74) is 5.97. The molecule has 0 fully saturated rings. The van der Waals surface area contributed by atoms with Crippen LogP contribution in [0.25, 0.3) is 6.08 Å². The number of nitrogen functional groups attached to an aromatic ring is 1. The summed E-state index contributed by atoms with van der Waals surface area (Å²) in [6.07, 6.45) is 5.04. The van der Waals surface area contributed by atoms with E-state index in [1.165, 1.54) is 6.20 Å². The lowest BCUT2D eigenvalue weighted by molar-refractivity contribution is 1.19. The molecule has 0 saturated heterocycles. The molecule has 64 valence electrons. The fourth-order valence-corrected chi connectivity index (χ4v) is 0.979. The number of nitrogens with two attached hydrogens (primary N) is 1. The van der Waals surface area contributed by atoms with Crippen molar-refractivity contribution in [3.05, 3.63) is 23.1 Å². The summed E-state index contributed by atoms with van der Waals surface area (Å²) in [6, 6.07) is 0. The Morgan fingerprint density at radius 2 is 2.42 bits per heavy atom. The molecule has 0 spiro atoms. The van der Waals surface area contributed by atoms with Crippen molar-refractivity contribution in [3.8, 4) is 0 Å². The lowest BCUT2D eigenvalue weighted by atomic mass is 10.4. The van der Waals surface area contributed by atoms with Gasteiger partial charge in [-0.05, 0) is 6.08 Å². The first kappa shape index (κ1) is 9.35. The van der Waals surface area contributed by atoms with Gasteiger partial charge in [0, 0.05) is 5.75 Å². The van der Waals surface area contributed by atoms with Crippen LogP contribution in [0.1, 0.15) is 5.69 Å². The van der Waals surface area contributed by atoms with Crippen LogP contribution in [0.4, 0.5) is 5.82 Å². The van der Waals surface area contributed by atoms with Gasteiger partial charge < -0.3 is 5.73 Å². The number of nitrogens with zero attached hydrogens (tertiary/aromatic N) is 2. The standard InChI is InChI=1S/C7H8ClN3S/c8-7-5(2-1-3-12)10-4-6(9)11-7/h1-2,4,12H,3H2,(H2,9,11). The highest BCUT2D eigenvalue weighted by Gasteiger charge is 1.98. The average Bonchev–Trinajstić information content (AvgIpc) is 2.03. The van der Waals surface area contributed by atoms with Crippen LogP contribution in [-0.2, 0) is 0 Å². The molecule has 0 saturated carbocycles. The van der Waals surface area contributed by atoms with Crippen molar-refractivity contribution in [1.29, 1.82) is 0 Å². The summed E-state index contributed by atoms with van der Waals surface area (Å²) in [4.78, 5) is 7.81. The Morgan fingerprint density at radius 1 is 1.67 bits per heavy atom. The van der Waals surface area contributed by atoms with E-state index in [1.54, 1.807) is 6.08 Å². The minimum atomic E-state index is 0.313. The van der Waals surface area contributed by atoms with Gasteiger partial charge in [0.2, 0.25) is 0 Å². The molecule has 0 atom stereocenters. The van der Waals surface area contributed by atoms with Gasteiger partial charge in [-0.1, -0.05) is 17.7 Å². The van der Waals surface area contributed by atoms with E-state index in [0.717, 1.165) is 0 Å². The molecule has 0 aliphatic carbocycles.